The molecule has 0 bridgehead atoms. The number of para-hydroxylation sites is 1. The van der Waals surface area contributed by atoms with Gasteiger partial charge in [0.15, 0.2) is 0 Å². The summed E-state index contributed by atoms with van der Waals surface area (Å²) in [7, 11) is -6.39. The molecule has 0 spiro atoms. The largest absolute Gasteiger partial charge is 0.379 e. The van der Waals surface area contributed by atoms with Gasteiger partial charge in [-0.1, -0.05) is 18.2 Å². The highest BCUT2D eigenvalue weighted by atomic mass is 32.2. The second-order valence-corrected chi connectivity index (χ2v) is 11.4. The molecule has 2 aromatic carbocycles. The molecule has 0 atom stereocenters. The molecule has 2 aromatic heterocycles. The predicted octanol–water partition coefficient (Wildman–Crippen LogP) is 4.20. The van der Waals surface area contributed by atoms with E-state index in [9.17, 15) is 16.8 Å². The van der Waals surface area contributed by atoms with Crippen molar-refractivity contribution in [3.8, 4) is 5.75 Å². The highest BCUT2D eigenvalue weighted by Gasteiger charge is 2.24. The lowest BCUT2D eigenvalue weighted by Gasteiger charge is -2.18. The minimum absolute atomic E-state index is 0.0357. The zero-order valence-electron chi connectivity index (χ0n) is 16.6. The van der Waals surface area contributed by atoms with Gasteiger partial charge in [0.1, 0.15) is 14.9 Å². The van der Waals surface area contributed by atoms with Crippen molar-refractivity contribution in [2.75, 3.05) is 11.4 Å². The number of hydrogen-bond donors (Lipinski definition) is 0. The zero-order valence-corrected chi connectivity index (χ0v) is 19.0. The lowest BCUT2D eigenvalue weighted by Crippen LogP contribution is -2.25. The van der Waals surface area contributed by atoms with E-state index in [0.29, 0.717) is 16.6 Å². The number of anilines is 1. The molecule has 2 heterocycles. The SMILES string of the molecule is Cc1cnc2c(S(=O)(=O)Oc3ccc(N(C)S(=O)(=O)c4cccs4)cc3)cccc2c1. The first kappa shape index (κ1) is 21.3. The number of nitrogens with zero attached hydrogens (tertiary/aromatic N) is 2. The van der Waals surface area contributed by atoms with E-state index in [1.54, 1.807) is 29.8 Å². The number of aryl methyl sites for hydroxylation is 1. The molecule has 0 radical (unpaired) electrons. The van der Waals surface area contributed by atoms with E-state index < -0.39 is 20.1 Å². The van der Waals surface area contributed by atoms with Crippen molar-refractivity contribution in [3.63, 3.8) is 0 Å². The lowest BCUT2D eigenvalue weighted by atomic mass is 10.2. The van der Waals surface area contributed by atoms with Crippen molar-refractivity contribution >= 4 is 48.1 Å². The normalized spacial score (nSPS) is 12.1. The van der Waals surface area contributed by atoms with Crippen LogP contribution in [0.2, 0.25) is 0 Å². The summed E-state index contributed by atoms with van der Waals surface area (Å²) in [6, 6.07) is 15.7. The topological polar surface area (TPSA) is 93.6 Å². The summed E-state index contributed by atoms with van der Waals surface area (Å²) in [4.78, 5) is 4.21. The van der Waals surface area contributed by atoms with Gasteiger partial charge in [0, 0.05) is 18.6 Å². The molecule has 0 aliphatic rings. The van der Waals surface area contributed by atoms with E-state index in [0.717, 1.165) is 21.2 Å². The van der Waals surface area contributed by atoms with E-state index in [2.05, 4.69) is 4.98 Å². The minimum Gasteiger partial charge on any atom is -0.379 e. The van der Waals surface area contributed by atoms with Gasteiger partial charge in [-0.05, 0) is 60.3 Å². The Balaban J connectivity index is 1.61. The van der Waals surface area contributed by atoms with Crippen LogP contribution in [0.3, 0.4) is 0 Å². The summed E-state index contributed by atoms with van der Waals surface area (Å²) in [5.41, 5.74) is 1.62. The standard InChI is InChI=1S/C21H18N2O5S3/c1-15-13-16-5-3-6-19(21(16)22-14-15)31(26,27)28-18-10-8-17(9-11-18)23(2)30(24,25)20-7-4-12-29-20/h3-14H,1-2H3. The van der Waals surface area contributed by atoms with Gasteiger partial charge in [-0.2, -0.15) is 8.42 Å². The Morgan fingerprint density at radius 1 is 0.968 bits per heavy atom. The summed E-state index contributed by atoms with van der Waals surface area (Å²) in [5, 5.41) is 2.38. The average Bonchev–Trinajstić information content (AvgIpc) is 3.28. The van der Waals surface area contributed by atoms with Crippen LogP contribution in [0.25, 0.3) is 10.9 Å². The summed E-state index contributed by atoms with van der Waals surface area (Å²) in [6.07, 6.45) is 1.60. The van der Waals surface area contributed by atoms with E-state index in [1.165, 1.54) is 43.4 Å². The molecule has 0 saturated heterocycles. The Labute approximate surface area is 184 Å². The van der Waals surface area contributed by atoms with Crippen molar-refractivity contribution < 1.29 is 21.0 Å². The van der Waals surface area contributed by atoms with Gasteiger partial charge >= 0.3 is 10.1 Å². The molecule has 4 rings (SSSR count). The molecule has 160 valence electrons. The molecule has 0 fully saturated rings. The Bertz CT molecular complexity index is 1450. The predicted molar refractivity (Wildman–Crippen MR) is 121 cm³/mol. The molecular weight excluding hydrogens is 456 g/mol. The van der Waals surface area contributed by atoms with Crippen LogP contribution in [0.1, 0.15) is 5.56 Å². The van der Waals surface area contributed by atoms with Crippen molar-refractivity contribution in [1.82, 2.24) is 4.98 Å². The number of fused-ring (bicyclic) bond motifs is 1. The molecule has 4 aromatic rings. The third-order valence-corrected chi connectivity index (χ3v) is 9.03. The van der Waals surface area contributed by atoms with Crippen LogP contribution in [-0.4, -0.2) is 28.9 Å². The molecule has 31 heavy (non-hydrogen) atoms. The maximum absolute atomic E-state index is 12.9. The molecule has 0 N–H and O–H groups in total. The number of benzene rings is 2. The third-order valence-electron chi connectivity index (χ3n) is 4.60. The van der Waals surface area contributed by atoms with Crippen LogP contribution < -0.4 is 8.49 Å². The molecule has 0 aliphatic heterocycles. The quantitative estimate of drug-likeness (QED) is 0.389. The van der Waals surface area contributed by atoms with Crippen molar-refractivity contribution in [1.29, 1.82) is 0 Å². The highest BCUT2D eigenvalue weighted by molar-refractivity contribution is 7.94. The Kier molecular flexibility index (Phi) is 5.46. The fraction of sp³-hybridized carbons (Fsp3) is 0.0952. The number of rotatable bonds is 6. The molecule has 0 saturated carbocycles. The molecule has 0 aliphatic carbocycles. The van der Waals surface area contributed by atoms with Crippen LogP contribution >= 0.6 is 11.3 Å². The number of pyridine rings is 1. The maximum Gasteiger partial charge on any atom is 0.341 e. The third kappa shape index (κ3) is 4.14. The number of hydrogen-bond acceptors (Lipinski definition) is 7. The Morgan fingerprint density at radius 3 is 2.39 bits per heavy atom. The minimum atomic E-state index is -4.14. The highest BCUT2D eigenvalue weighted by Crippen LogP contribution is 2.29. The average molecular weight is 475 g/mol. The van der Waals surface area contributed by atoms with Crippen LogP contribution in [0, 0.1) is 6.92 Å². The number of thiophene rings is 1. The molecule has 7 nitrogen and oxygen atoms in total. The Hall–Kier alpha value is -2.95. The lowest BCUT2D eigenvalue weighted by molar-refractivity contribution is 0.487. The van der Waals surface area contributed by atoms with Gasteiger partial charge in [0.05, 0.1) is 11.2 Å². The van der Waals surface area contributed by atoms with Crippen molar-refractivity contribution in [2.24, 2.45) is 0 Å². The molecular formula is C21H18N2O5S3. The molecule has 0 amide bonds. The van der Waals surface area contributed by atoms with Crippen LogP contribution in [0.5, 0.6) is 5.75 Å². The maximum atomic E-state index is 12.9. The van der Waals surface area contributed by atoms with Crippen LogP contribution in [0.15, 0.2) is 81.3 Å². The second kappa shape index (κ2) is 7.95. The summed E-state index contributed by atoms with van der Waals surface area (Å²) >= 11 is 1.12. The van der Waals surface area contributed by atoms with E-state index in [4.69, 9.17) is 4.18 Å². The number of sulfonamides is 1. The van der Waals surface area contributed by atoms with Crippen molar-refractivity contribution in [2.45, 2.75) is 16.0 Å². The van der Waals surface area contributed by atoms with E-state index in [-0.39, 0.29) is 14.9 Å². The van der Waals surface area contributed by atoms with Gasteiger partial charge in [0.2, 0.25) is 0 Å². The zero-order chi connectivity index (χ0) is 22.2. The van der Waals surface area contributed by atoms with Crippen LogP contribution in [-0.2, 0) is 20.1 Å². The van der Waals surface area contributed by atoms with E-state index in [1.807, 2.05) is 13.0 Å². The van der Waals surface area contributed by atoms with Gasteiger partial charge in [-0.25, -0.2) is 8.42 Å². The Morgan fingerprint density at radius 2 is 1.71 bits per heavy atom. The summed E-state index contributed by atoms with van der Waals surface area (Å²) in [5.74, 6) is 0.0646. The smallest absolute Gasteiger partial charge is 0.341 e. The summed E-state index contributed by atoms with van der Waals surface area (Å²) in [6.45, 7) is 1.88. The number of aromatic nitrogens is 1. The first-order valence-electron chi connectivity index (χ1n) is 9.11. The van der Waals surface area contributed by atoms with Gasteiger partial charge in [-0.15, -0.1) is 11.3 Å². The fourth-order valence-electron chi connectivity index (χ4n) is 3.01. The fourth-order valence-corrected chi connectivity index (χ4v) is 6.48. The molecule has 0 unspecified atom stereocenters. The first-order chi connectivity index (χ1) is 14.7. The van der Waals surface area contributed by atoms with Crippen LogP contribution in [0.4, 0.5) is 5.69 Å². The molecule has 10 heteroatoms. The monoisotopic (exact) mass is 474 g/mol. The summed E-state index contributed by atoms with van der Waals surface area (Å²) < 4.78 is 57.7. The first-order valence-corrected chi connectivity index (χ1v) is 12.8. The van der Waals surface area contributed by atoms with Gasteiger partial charge in [0.25, 0.3) is 10.0 Å². The van der Waals surface area contributed by atoms with Crippen molar-refractivity contribution in [3.05, 3.63) is 77.8 Å². The second-order valence-electron chi connectivity index (χ2n) is 6.78. The van der Waals surface area contributed by atoms with Gasteiger partial charge in [-0.3, -0.25) is 9.29 Å². The van der Waals surface area contributed by atoms with E-state index >= 15 is 0 Å². The van der Waals surface area contributed by atoms with Gasteiger partial charge < -0.3 is 4.18 Å².